The molecule has 0 aliphatic carbocycles. The number of nitrogens with zero attached hydrogens (tertiary/aromatic N) is 5. The number of nitrogens with two attached hydrogens (primary N) is 1. The maximum Gasteiger partial charge on any atom is 0.373 e. The Bertz CT molecular complexity index is 1990. The second-order valence-electron chi connectivity index (χ2n) is 11.3. The molecular weight excluding hydrogens is 731 g/mol. The van der Waals surface area contributed by atoms with Crippen molar-refractivity contribution < 1.29 is 52.9 Å². The molecule has 52 heavy (non-hydrogen) atoms. The number of nitrogens with one attached hydrogen (secondary N) is 1. The highest BCUT2D eigenvalue weighted by atomic mass is 32.2. The van der Waals surface area contributed by atoms with Gasteiger partial charge in [-0.1, -0.05) is 5.16 Å². The van der Waals surface area contributed by atoms with Gasteiger partial charge in [-0.2, -0.15) is 0 Å². The topological polar surface area (TPSA) is 275 Å². The minimum atomic E-state index is -2.09. The third kappa shape index (κ3) is 7.05. The van der Waals surface area contributed by atoms with Gasteiger partial charge in [-0.15, -0.1) is 23.1 Å². The minimum Gasteiger partial charge on any atom is -0.458 e. The van der Waals surface area contributed by atoms with Gasteiger partial charge in [0.2, 0.25) is 6.61 Å². The third-order valence-corrected chi connectivity index (χ3v) is 10.2. The van der Waals surface area contributed by atoms with E-state index in [1.807, 2.05) is 0 Å². The number of ether oxygens (including phenoxy) is 3. The molecule has 20 nitrogen and oxygen atoms in total. The second kappa shape index (κ2) is 14.6. The fraction of sp³-hybridized carbons (Fsp3) is 0.300. The molecule has 1 aromatic heterocycles. The number of carbonyl (C=O) groups is 5. The first-order valence-electron chi connectivity index (χ1n) is 15.1. The second-order valence-corrected chi connectivity index (χ2v) is 13.4. The SMILES string of the molecule is Nc1nc(/C(=N/OCC(=O)OCc2ccc([N+](=O)[O-])cc2)C(=O)N[C@@H]2C(=O)N3[C@@H]2SC[C@@H]2CC(=O)O[C@@]23C(=O)OCc2ccc([N+](=O)[O-])cc2)cs1. The summed E-state index contributed by atoms with van der Waals surface area (Å²) in [5.41, 5.74) is 3.76. The van der Waals surface area contributed by atoms with Crippen LogP contribution in [0.3, 0.4) is 0 Å². The number of oxime groups is 1. The van der Waals surface area contributed by atoms with Crippen molar-refractivity contribution in [2.75, 3.05) is 18.1 Å². The molecule has 270 valence electrons. The molecule has 6 rings (SSSR count). The summed E-state index contributed by atoms with van der Waals surface area (Å²) in [6, 6.07) is 9.37. The number of esters is 3. The molecule has 0 saturated carbocycles. The van der Waals surface area contributed by atoms with Crippen LogP contribution >= 0.6 is 23.1 Å². The van der Waals surface area contributed by atoms with Gasteiger partial charge in [-0.25, -0.2) is 14.6 Å². The van der Waals surface area contributed by atoms with Crippen LogP contribution in [0.4, 0.5) is 16.5 Å². The van der Waals surface area contributed by atoms with Crippen molar-refractivity contribution in [2.45, 2.75) is 36.8 Å². The number of thiazole rings is 1. The van der Waals surface area contributed by atoms with Crippen LogP contribution in [0.1, 0.15) is 23.2 Å². The first-order valence-corrected chi connectivity index (χ1v) is 17.0. The molecule has 4 heterocycles. The van der Waals surface area contributed by atoms with Crippen LogP contribution < -0.4 is 11.1 Å². The summed E-state index contributed by atoms with van der Waals surface area (Å²) < 4.78 is 16.1. The number of nitro benzene ring substituents is 2. The van der Waals surface area contributed by atoms with E-state index in [9.17, 15) is 44.2 Å². The van der Waals surface area contributed by atoms with Crippen LogP contribution in [0.2, 0.25) is 0 Å². The first kappa shape index (κ1) is 35.7. The van der Waals surface area contributed by atoms with Gasteiger partial charge < -0.3 is 30.1 Å². The molecule has 3 N–H and O–H groups in total. The number of fused-ring (bicyclic) bond motifs is 3. The van der Waals surface area contributed by atoms with Gasteiger partial charge in [0.05, 0.1) is 16.3 Å². The number of benzene rings is 2. The highest BCUT2D eigenvalue weighted by molar-refractivity contribution is 8.00. The summed E-state index contributed by atoms with van der Waals surface area (Å²) in [6.45, 7) is -1.29. The van der Waals surface area contributed by atoms with E-state index in [1.54, 1.807) is 0 Å². The number of hydrogen-bond acceptors (Lipinski definition) is 18. The summed E-state index contributed by atoms with van der Waals surface area (Å²) in [5.74, 6) is -4.89. The molecule has 22 heteroatoms. The Morgan fingerprint density at radius 3 is 2.21 bits per heavy atom. The highest BCUT2D eigenvalue weighted by Crippen LogP contribution is 2.51. The van der Waals surface area contributed by atoms with Gasteiger partial charge in [0.15, 0.2) is 10.8 Å². The Labute approximate surface area is 299 Å². The number of aromatic nitrogens is 1. The van der Waals surface area contributed by atoms with Crippen LogP contribution in [0.5, 0.6) is 0 Å². The molecule has 3 saturated heterocycles. The molecule has 2 amide bonds. The monoisotopic (exact) mass is 755 g/mol. The fourth-order valence-corrected chi connectivity index (χ4v) is 7.65. The van der Waals surface area contributed by atoms with Crippen molar-refractivity contribution in [1.29, 1.82) is 0 Å². The maximum absolute atomic E-state index is 13.6. The minimum absolute atomic E-state index is 0.0322. The van der Waals surface area contributed by atoms with Gasteiger partial charge in [-0.05, 0) is 35.4 Å². The van der Waals surface area contributed by atoms with E-state index in [0.29, 0.717) is 11.1 Å². The molecule has 3 aliphatic rings. The van der Waals surface area contributed by atoms with Crippen molar-refractivity contribution in [3.63, 3.8) is 0 Å². The molecule has 0 radical (unpaired) electrons. The number of rotatable bonds is 13. The summed E-state index contributed by atoms with van der Waals surface area (Å²) in [6.07, 6.45) is -0.164. The molecule has 4 atom stereocenters. The summed E-state index contributed by atoms with van der Waals surface area (Å²) >= 11 is 2.19. The number of anilines is 1. The normalized spacial score (nSPS) is 21.9. The fourth-order valence-electron chi connectivity index (χ4n) is 5.54. The molecule has 3 aliphatic heterocycles. The Kier molecular flexibility index (Phi) is 10.0. The maximum atomic E-state index is 13.6. The largest absolute Gasteiger partial charge is 0.458 e. The Morgan fingerprint density at radius 2 is 1.63 bits per heavy atom. The van der Waals surface area contributed by atoms with E-state index in [4.69, 9.17) is 24.8 Å². The van der Waals surface area contributed by atoms with Crippen molar-refractivity contribution in [1.82, 2.24) is 15.2 Å². The Balaban J connectivity index is 1.11. The zero-order valence-corrected chi connectivity index (χ0v) is 28.0. The Morgan fingerprint density at radius 1 is 1.02 bits per heavy atom. The van der Waals surface area contributed by atoms with E-state index >= 15 is 0 Å². The van der Waals surface area contributed by atoms with Gasteiger partial charge in [0.25, 0.3) is 28.9 Å². The van der Waals surface area contributed by atoms with E-state index in [1.165, 1.54) is 65.7 Å². The molecule has 0 spiro atoms. The van der Waals surface area contributed by atoms with Crippen molar-refractivity contribution in [2.24, 2.45) is 11.1 Å². The van der Waals surface area contributed by atoms with Crippen LogP contribution in [-0.2, 0) is 56.2 Å². The van der Waals surface area contributed by atoms with Gasteiger partial charge >= 0.3 is 17.9 Å². The number of nitrogen functional groups attached to an aromatic ring is 1. The molecule has 3 fully saturated rings. The van der Waals surface area contributed by atoms with Gasteiger partial charge in [0, 0.05) is 41.3 Å². The van der Waals surface area contributed by atoms with Gasteiger partial charge in [0.1, 0.15) is 30.3 Å². The van der Waals surface area contributed by atoms with Crippen molar-refractivity contribution in [3.8, 4) is 0 Å². The number of thioether (sulfide) groups is 1. The quantitative estimate of drug-likeness (QED) is 0.0623. The van der Waals surface area contributed by atoms with E-state index in [0.717, 1.165) is 16.2 Å². The zero-order chi connectivity index (χ0) is 37.2. The molecule has 3 aromatic rings. The smallest absolute Gasteiger partial charge is 0.373 e. The Hall–Kier alpha value is -6.16. The lowest BCUT2D eigenvalue weighted by molar-refractivity contribution is -0.385. The highest BCUT2D eigenvalue weighted by Gasteiger charge is 2.72. The van der Waals surface area contributed by atoms with Crippen molar-refractivity contribution in [3.05, 3.63) is 91.0 Å². The number of nitro groups is 2. The van der Waals surface area contributed by atoms with E-state index < -0.39 is 74.9 Å². The molecule has 0 bridgehead atoms. The average molecular weight is 756 g/mol. The zero-order valence-electron chi connectivity index (χ0n) is 26.4. The van der Waals surface area contributed by atoms with Crippen LogP contribution in [0, 0.1) is 26.1 Å². The van der Waals surface area contributed by atoms with E-state index in [-0.39, 0.29) is 47.6 Å². The lowest BCUT2D eigenvalue weighted by atomic mass is 9.89. The number of β-lactam (4-membered cyclic amide) rings is 1. The lowest BCUT2D eigenvalue weighted by Gasteiger charge is -2.56. The number of hydrogen-bond donors (Lipinski definition) is 2. The summed E-state index contributed by atoms with van der Waals surface area (Å²) in [4.78, 5) is 96.2. The predicted molar refractivity (Wildman–Crippen MR) is 177 cm³/mol. The summed E-state index contributed by atoms with van der Waals surface area (Å²) in [7, 11) is 0. The standard InChI is InChI=1S/C30H25N7O13S2/c31-29-32-20(14-52-29)23(34-49-12-22(39)47-10-15-1-5-18(6-2-15)36(43)44)25(40)33-24-26(41)35-27(24)51-13-17-9-21(38)50-30(17,35)28(42)48-11-16-3-7-19(8-4-16)37(45)46/h1-8,14,17,24,27H,9-13H2,(H2,31,32)(H,33,40)/b34-23-/t17-,24+,27+,30+/m0/s1. The average Bonchev–Trinajstić information content (AvgIpc) is 3.71. The van der Waals surface area contributed by atoms with Crippen LogP contribution in [-0.4, -0.2) is 84.7 Å². The number of carbonyl (C=O) groups excluding carboxylic acids is 5. The van der Waals surface area contributed by atoms with Gasteiger partial charge in [-0.3, -0.25) is 39.5 Å². The molecule has 0 unspecified atom stereocenters. The lowest BCUT2D eigenvalue weighted by Crippen LogP contribution is -2.80. The number of non-ortho nitro benzene ring substituents is 2. The predicted octanol–water partition coefficient (Wildman–Crippen LogP) is 1.41. The molecular formula is C30H25N7O13S2. The third-order valence-electron chi connectivity index (χ3n) is 8.07. The van der Waals surface area contributed by atoms with E-state index in [2.05, 4.69) is 15.5 Å². The van der Waals surface area contributed by atoms with Crippen LogP contribution in [0.15, 0.2) is 59.1 Å². The molecule has 2 aromatic carbocycles. The van der Waals surface area contributed by atoms with Crippen LogP contribution in [0.25, 0.3) is 0 Å². The van der Waals surface area contributed by atoms with Crippen molar-refractivity contribution >= 4 is 75.0 Å². The first-order chi connectivity index (χ1) is 24.9. The number of amides is 2. The summed E-state index contributed by atoms with van der Waals surface area (Å²) in [5, 5.41) is 28.7.